The molecule has 0 aliphatic heterocycles. The largest absolute Gasteiger partial charge is 0.241 e. The Bertz CT molecular complexity index is 1350. The Morgan fingerprint density at radius 3 is 2.06 bits per heavy atom. The third-order valence-corrected chi connectivity index (χ3v) is 8.42. The average molecular weight is 488 g/mol. The van der Waals surface area contributed by atoms with Crippen LogP contribution in [0.2, 0.25) is 5.02 Å². The minimum atomic E-state index is -4.09. The Kier molecular flexibility index (Phi) is 7.36. The summed E-state index contributed by atoms with van der Waals surface area (Å²) in [6, 6.07) is 19.3. The summed E-state index contributed by atoms with van der Waals surface area (Å²) in [6.45, 7) is 5.47. The van der Waals surface area contributed by atoms with Gasteiger partial charge in [0, 0.05) is 5.02 Å². The zero-order valence-electron chi connectivity index (χ0n) is 17.3. The molecule has 0 amide bonds. The van der Waals surface area contributed by atoms with Crippen LogP contribution in [0.3, 0.4) is 0 Å². The van der Waals surface area contributed by atoms with E-state index >= 15 is 0 Å². The molecule has 0 heterocycles. The van der Waals surface area contributed by atoms with Crippen LogP contribution in [-0.2, 0) is 19.9 Å². The molecular formula is C24H22ClNO4S2. The van der Waals surface area contributed by atoms with Gasteiger partial charge >= 0.3 is 0 Å². The summed E-state index contributed by atoms with van der Waals surface area (Å²) >= 11 is 6.37. The van der Waals surface area contributed by atoms with Crippen LogP contribution in [0.25, 0.3) is 0 Å². The van der Waals surface area contributed by atoms with E-state index in [2.05, 4.69) is 11.3 Å². The predicted molar refractivity (Wildman–Crippen MR) is 128 cm³/mol. The van der Waals surface area contributed by atoms with Gasteiger partial charge in [-0.2, -0.15) is 4.72 Å². The number of sulfonamides is 1. The lowest BCUT2D eigenvalue weighted by Crippen LogP contribution is -2.32. The van der Waals surface area contributed by atoms with E-state index in [1.165, 1.54) is 36.4 Å². The van der Waals surface area contributed by atoms with Crippen LogP contribution in [-0.4, -0.2) is 16.8 Å². The molecule has 1 atom stereocenters. The molecule has 0 aliphatic rings. The maximum Gasteiger partial charge on any atom is 0.241 e. The first-order valence-corrected chi connectivity index (χ1v) is 13.0. The number of nitrogens with one attached hydrogen (secondary N) is 1. The lowest BCUT2D eigenvalue weighted by atomic mass is 10.1. The molecule has 0 radical (unpaired) electrons. The van der Waals surface area contributed by atoms with Gasteiger partial charge < -0.3 is 0 Å². The van der Waals surface area contributed by atoms with Gasteiger partial charge in [0.15, 0.2) is 0 Å². The molecule has 3 aromatic carbocycles. The van der Waals surface area contributed by atoms with Crippen LogP contribution < -0.4 is 4.72 Å². The number of aryl methyl sites for hydroxylation is 1. The maximum atomic E-state index is 13.6. The first-order chi connectivity index (χ1) is 15.2. The van der Waals surface area contributed by atoms with E-state index in [1.807, 2.05) is 6.92 Å². The molecule has 8 heteroatoms. The zero-order chi connectivity index (χ0) is 23.4. The predicted octanol–water partition coefficient (Wildman–Crippen LogP) is 5.21. The highest BCUT2D eigenvalue weighted by Gasteiger charge is 2.33. The summed E-state index contributed by atoms with van der Waals surface area (Å²) < 4.78 is 56.0. The third-order valence-electron chi connectivity index (χ3n) is 4.75. The molecule has 0 saturated heterocycles. The summed E-state index contributed by atoms with van der Waals surface area (Å²) in [5.41, 5.74) is 1.20. The van der Waals surface area contributed by atoms with Gasteiger partial charge in [0.1, 0.15) is 0 Å². The van der Waals surface area contributed by atoms with Crippen LogP contribution in [0.15, 0.2) is 112 Å². The van der Waals surface area contributed by atoms with Crippen molar-refractivity contribution >= 4 is 31.5 Å². The molecule has 0 aliphatic carbocycles. The quantitative estimate of drug-likeness (QED) is 0.442. The molecule has 1 unspecified atom stereocenters. The van der Waals surface area contributed by atoms with Crippen molar-refractivity contribution in [3.63, 3.8) is 0 Å². The number of allylic oxidation sites excluding steroid dienone is 2. The Morgan fingerprint density at radius 2 is 1.47 bits per heavy atom. The van der Waals surface area contributed by atoms with Gasteiger partial charge in [-0.3, -0.25) is 0 Å². The monoisotopic (exact) mass is 487 g/mol. The first-order valence-electron chi connectivity index (χ1n) is 9.63. The molecule has 0 saturated carbocycles. The van der Waals surface area contributed by atoms with Crippen LogP contribution in [0.1, 0.15) is 17.2 Å². The van der Waals surface area contributed by atoms with Gasteiger partial charge in [-0.05, 0) is 48.9 Å². The van der Waals surface area contributed by atoms with Gasteiger partial charge in [0.25, 0.3) is 0 Å². The highest BCUT2D eigenvalue weighted by atomic mass is 35.5. The van der Waals surface area contributed by atoms with Crippen molar-refractivity contribution in [1.29, 1.82) is 0 Å². The van der Waals surface area contributed by atoms with Crippen LogP contribution in [0, 0.1) is 6.92 Å². The third kappa shape index (κ3) is 5.19. The van der Waals surface area contributed by atoms with Gasteiger partial charge in [0.2, 0.25) is 19.9 Å². The topological polar surface area (TPSA) is 80.3 Å². The Hall–Kier alpha value is -2.71. The fourth-order valence-electron chi connectivity index (χ4n) is 3.12. The van der Waals surface area contributed by atoms with Gasteiger partial charge in [-0.15, -0.1) is 0 Å². The van der Waals surface area contributed by atoms with Crippen molar-refractivity contribution < 1.29 is 16.8 Å². The lowest BCUT2D eigenvalue weighted by molar-refractivity contribution is 0.569. The highest BCUT2D eigenvalue weighted by Crippen LogP contribution is 2.35. The van der Waals surface area contributed by atoms with Crippen molar-refractivity contribution in [2.45, 2.75) is 22.8 Å². The minimum Gasteiger partial charge on any atom is -0.219 e. The van der Waals surface area contributed by atoms with E-state index in [1.54, 1.807) is 54.6 Å². The number of hydrogen-bond acceptors (Lipinski definition) is 4. The highest BCUT2D eigenvalue weighted by molar-refractivity contribution is 7.95. The fourth-order valence-corrected chi connectivity index (χ4v) is 6.19. The van der Waals surface area contributed by atoms with E-state index in [0.717, 1.165) is 5.56 Å². The Morgan fingerprint density at radius 1 is 0.875 bits per heavy atom. The SMILES string of the molecule is C=C/C=C(/C(NS(=O)(=O)c1ccccc1)c1ccccc1Cl)S(=O)(=O)c1ccc(C)cc1. The summed E-state index contributed by atoms with van der Waals surface area (Å²) in [7, 11) is -8.18. The molecule has 0 fully saturated rings. The van der Waals surface area contributed by atoms with Gasteiger partial charge in [-0.25, -0.2) is 16.8 Å². The van der Waals surface area contributed by atoms with Crippen molar-refractivity contribution in [1.82, 2.24) is 4.72 Å². The molecular weight excluding hydrogens is 466 g/mol. The minimum absolute atomic E-state index is 0.00254. The van der Waals surface area contributed by atoms with Gasteiger partial charge in [0.05, 0.1) is 20.7 Å². The first kappa shape index (κ1) is 23.9. The van der Waals surface area contributed by atoms with Crippen molar-refractivity contribution in [3.8, 4) is 0 Å². The maximum absolute atomic E-state index is 13.6. The summed E-state index contributed by atoms with van der Waals surface area (Å²) in [4.78, 5) is -0.154. The van der Waals surface area contributed by atoms with Crippen molar-refractivity contribution in [2.24, 2.45) is 0 Å². The Labute approximate surface area is 194 Å². The second-order valence-electron chi connectivity index (χ2n) is 7.01. The number of halogens is 1. The van der Waals surface area contributed by atoms with Crippen LogP contribution >= 0.6 is 11.6 Å². The standard InChI is InChI=1S/C24H22ClNO4S2/c1-3-9-23(31(27,28)19-16-14-18(2)15-17-19)24(21-12-7-8-13-22(21)25)26-32(29,30)20-10-5-4-6-11-20/h3-17,24,26H,1H2,2H3/b23-9-. The molecule has 3 rings (SSSR count). The van der Waals surface area contributed by atoms with Crippen LogP contribution in [0.5, 0.6) is 0 Å². The molecule has 3 aromatic rings. The van der Waals surface area contributed by atoms with E-state index < -0.39 is 25.9 Å². The second-order valence-corrected chi connectivity index (χ2v) is 11.1. The summed E-state index contributed by atoms with van der Waals surface area (Å²) in [5, 5.41) is 0.224. The normalized spacial score (nSPS) is 13.5. The fraction of sp³-hybridized carbons (Fsp3) is 0.0833. The van der Waals surface area contributed by atoms with Gasteiger partial charge in [-0.1, -0.05) is 78.4 Å². The molecule has 5 nitrogen and oxygen atoms in total. The number of sulfone groups is 1. The molecule has 0 bridgehead atoms. The number of rotatable bonds is 8. The number of benzene rings is 3. The summed E-state index contributed by atoms with van der Waals surface area (Å²) in [5.74, 6) is 0. The molecule has 1 N–H and O–H groups in total. The molecule has 0 spiro atoms. The zero-order valence-corrected chi connectivity index (χ0v) is 19.7. The molecule has 166 valence electrons. The summed E-state index contributed by atoms with van der Waals surface area (Å²) in [6.07, 6.45) is 2.60. The smallest absolute Gasteiger partial charge is 0.219 e. The second kappa shape index (κ2) is 9.83. The van der Waals surface area contributed by atoms with E-state index in [-0.39, 0.29) is 19.7 Å². The van der Waals surface area contributed by atoms with E-state index in [9.17, 15) is 16.8 Å². The molecule has 0 aromatic heterocycles. The Balaban J connectivity index is 2.21. The van der Waals surface area contributed by atoms with Crippen LogP contribution in [0.4, 0.5) is 0 Å². The van der Waals surface area contributed by atoms with E-state index in [0.29, 0.717) is 5.56 Å². The van der Waals surface area contributed by atoms with Crippen molar-refractivity contribution in [2.75, 3.05) is 0 Å². The van der Waals surface area contributed by atoms with E-state index in [4.69, 9.17) is 11.6 Å². The molecule has 32 heavy (non-hydrogen) atoms. The lowest BCUT2D eigenvalue weighted by Gasteiger charge is -2.23. The average Bonchev–Trinajstić information content (AvgIpc) is 2.77. The number of hydrogen-bond donors (Lipinski definition) is 1. The van der Waals surface area contributed by atoms with Crippen molar-refractivity contribution in [3.05, 3.63) is 119 Å².